The molecule has 1 aliphatic heterocycles. The van der Waals surface area contributed by atoms with Gasteiger partial charge in [0, 0.05) is 34.1 Å². The number of nitrogens with zero attached hydrogens (tertiary/aromatic N) is 1. The van der Waals surface area contributed by atoms with Crippen LogP contribution >= 0.6 is 31.9 Å². The summed E-state index contributed by atoms with van der Waals surface area (Å²) in [6.07, 6.45) is 2.43. The number of amides is 2. The molecule has 1 heterocycles. The summed E-state index contributed by atoms with van der Waals surface area (Å²) in [6, 6.07) is 8.13. The van der Waals surface area contributed by atoms with E-state index in [-0.39, 0.29) is 41.9 Å². The summed E-state index contributed by atoms with van der Waals surface area (Å²) in [5.41, 5.74) is 4.39. The standard InChI is InChI=1S/C28H36Br2N4O4S/c1-17-22(29)13-20(14-23(17)30)39(37,38)34-11-10-31-27(36)25(34)15-26(35)33-24-7-5-6-19-12-18(8-9-21(19)24)16-32-28(2,3)4/h8-9,12-14,24-25,32H,5-7,10-11,15-16H2,1-4H3,(H,31,36)(H,33,35)/t24-,25?/m1/s1. The number of piperazine rings is 1. The number of hydrogen-bond acceptors (Lipinski definition) is 5. The molecule has 1 fully saturated rings. The smallest absolute Gasteiger partial charge is 0.243 e. The van der Waals surface area contributed by atoms with Crippen molar-refractivity contribution in [2.24, 2.45) is 0 Å². The lowest BCUT2D eigenvalue weighted by atomic mass is 9.86. The Morgan fingerprint density at radius 1 is 1.15 bits per heavy atom. The molecule has 0 saturated carbocycles. The zero-order valence-electron chi connectivity index (χ0n) is 22.7. The van der Waals surface area contributed by atoms with Gasteiger partial charge in [-0.2, -0.15) is 4.31 Å². The Hall–Kier alpha value is -1.79. The molecule has 8 nitrogen and oxygen atoms in total. The van der Waals surface area contributed by atoms with Crippen LogP contribution in [0.4, 0.5) is 0 Å². The fraction of sp³-hybridized carbons (Fsp3) is 0.500. The van der Waals surface area contributed by atoms with Crippen LogP contribution in [0.5, 0.6) is 0 Å². The Bertz CT molecular complexity index is 1350. The molecule has 0 radical (unpaired) electrons. The highest BCUT2D eigenvalue weighted by Gasteiger charge is 2.40. The lowest BCUT2D eigenvalue weighted by molar-refractivity contribution is -0.132. The van der Waals surface area contributed by atoms with E-state index in [1.807, 2.05) is 6.92 Å². The van der Waals surface area contributed by atoms with Gasteiger partial charge in [-0.3, -0.25) is 9.59 Å². The molecular formula is C28H36Br2N4O4S. The third kappa shape index (κ3) is 7.11. The Morgan fingerprint density at radius 3 is 2.51 bits per heavy atom. The summed E-state index contributed by atoms with van der Waals surface area (Å²) >= 11 is 6.82. The molecular weight excluding hydrogens is 648 g/mol. The molecule has 39 heavy (non-hydrogen) atoms. The van der Waals surface area contributed by atoms with Crippen LogP contribution in [0.2, 0.25) is 0 Å². The molecule has 1 saturated heterocycles. The van der Waals surface area contributed by atoms with E-state index in [0.717, 1.165) is 41.2 Å². The van der Waals surface area contributed by atoms with E-state index in [9.17, 15) is 18.0 Å². The summed E-state index contributed by atoms with van der Waals surface area (Å²) in [4.78, 5) is 26.1. The van der Waals surface area contributed by atoms with E-state index in [4.69, 9.17) is 0 Å². The molecule has 2 atom stereocenters. The molecule has 1 unspecified atom stereocenters. The van der Waals surface area contributed by atoms with E-state index in [1.54, 1.807) is 0 Å². The third-order valence-electron chi connectivity index (χ3n) is 7.20. The number of sulfonamides is 1. The van der Waals surface area contributed by atoms with E-state index < -0.39 is 22.0 Å². The second-order valence-electron chi connectivity index (χ2n) is 11.3. The molecule has 0 bridgehead atoms. The van der Waals surface area contributed by atoms with Gasteiger partial charge in [0.25, 0.3) is 0 Å². The highest BCUT2D eigenvalue weighted by molar-refractivity contribution is 9.11. The normalized spacial score (nSPS) is 20.3. The number of fused-ring (bicyclic) bond motifs is 1. The highest BCUT2D eigenvalue weighted by Crippen LogP contribution is 2.33. The van der Waals surface area contributed by atoms with Gasteiger partial charge in [-0.05, 0) is 81.3 Å². The molecule has 0 spiro atoms. The number of nitrogens with one attached hydrogen (secondary N) is 3. The quantitative estimate of drug-likeness (QED) is 0.399. The van der Waals surface area contributed by atoms with Gasteiger partial charge >= 0.3 is 0 Å². The average molecular weight is 684 g/mol. The third-order valence-corrected chi connectivity index (χ3v) is 10.7. The van der Waals surface area contributed by atoms with Gasteiger partial charge < -0.3 is 16.0 Å². The van der Waals surface area contributed by atoms with Crippen molar-refractivity contribution in [1.82, 2.24) is 20.3 Å². The minimum absolute atomic E-state index is 0.0195. The summed E-state index contributed by atoms with van der Waals surface area (Å²) < 4.78 is 29.6. The second-order valence-corrected chi connectivity index (χ2v) is 14.9. The topological polar surface area (TPSA) is 108 Å². The van der Waals surface area contributed by atoms with Crippen LogP contribution in [-0.4, -0.2) is 49.2 Å². The van der Waals surface area contributed by atoms with Gasteiger partial charge in [0.1, 0.15) is 6.04 Å². The summed E-state index contributed by atoms with van der Waals surface area (Å²) in [5.74, 6) is -0.815. The number of carbonyl (C=O) groups excluding carboxylic acids is 2. The Balaban J connectivity index is 1.50. The fourth-order valence-electron chi connectivity index (χ4n) is 5.01. The minimum atomic E-state index is -4.03. The maximum Gasteiger partial charge on any atom is 0.243 e. The molecule has 2 aromatic carbocycles. The van der Waals surface area contributed by atoms with Crippen LogP contribution in [0.25, 0.3) is 0 Å². The summed E-state index contributed by atoms with van der Waals surface area (Å²) in [7, 11) is -4.03. The van der Waals surface area contributed by atoms with E-state index >= 15 is 0 Å². The second kappa shape index (κ2) is 12.0. The average Bonchev–Trinajstić information content (AvgIpc) is 2.86. The van der Waals surface area contributed by atoms with Crippen molar-refractivity contribution in [3.63, 3.8) is 0 Å². The lowest BCUT2D eigenvalue weighted by Gasteiger charge is -2.34. The Morgan fingerprint density at radius 2 is 1.85 bits per heavy atom. The molecule has 11 heteroatoms. The van der Waals surface area contributed by atoms with Crippen molar-refractivity contribution in [1.29, 1.82) is 0 Å². The molecule has 2 amide bonds. The van der Waals surface area contributed by atoms with Gasteiger partial charge in [-0.25, -0.2) is 8.42 Å². The van der Waals surface area contributed by atoms with Crippen LogP contribution in [0, 0.1) is 6.92 Å². The van der Waals surface area contributed by atoms with E-state index in [2.05, 4.69) is 86.8 Å². The van der Waals surface area contributed by atoms with Crippen LogP contribution in [0.3, 0.4) is 0 Å². The number of halogens is 2. The predicted octanol–water partition coefficient (Wildman–Crippen LogP) is 4.48. The number of aryl methyl sites for hydroxylation is 1. The number of hydrogen-bond donors (Lipinski definition) is 3. The number of rotatable bonds is 7. The first-order valence-electron chi connectivity index (χ1n) is 13.2. The van der Waals surface area contributed by atoms with Gasteiger partial charge in [-0.1, -0.05) is 50.1 Å². The number of benzene rings is 2. The largest absolute Gasteiger partial charge is 0.353 e. The fourth-order valence-corrected chi connectivity index (χ4v) is 8.14. The van der Waals surface area contributed by atoms with Crippen LogP contribution < -0.4 is 16.0 Å². The van der Waals surface area contributed by atoms with Gasteiger partial charge in [0.05, 0.1) is 17.4 Å². The summed E-state index contributed by atoms with van der Waals surface area (Å²) in [6.45, 7) is 9.30. The zero-order valence-corrected chi connectivity index (χ0v) is 26.7. The van der Waals surface area contributed by atoms with Crippen molar-refractivity contribution in [3.8, 4) is 0 Å². The van der Waals surface area contributed by atoms with Crippen LogP contribution in [0.1, 0.15) is 68.3 Å². The van der Waals surface area contributed by atoms with Crippen molar-refractivity contribution in [2.75, 3.05) is 13.1 Å². The molecule has 2 aromatic rings. The molecule has 3 N–H and O–H groups in total. The van der Waals surface area contributed by atoms with Crippen molar-refractivity contribution in [2.45, 2.75) is 82.4 Å². The van der Waals surface area contributed by atoms with Gasteiger partial charge in [0.15, 0.2) is 0 Å². The Kier molecular flexibility index (Phi) is 9.27. The molecule has 1 aliphatic carbocycles. The zero-order chi connectivity index (χ0) is 28.5. The van der Waals surface area contributed by atoms with Crippen molar-refractivity contribution >= 4 is 53.7 Å². The maximum absolute atomic E-state index is 13.6. The summed E-state index contributed by atoms with van der Waals surface area (Å²) in [5, 5.41) is 9.31. The first kappa shape index (κ1) is 30.2. The Labute approximate surface area is 248 Å². The first-order chi connectivity index (χ1) is 18.3. The van der Waals surface area contributed by atoms with Crippen molar-refractivity contribution < 1.29 is 18.0 Å². The van der Waals surface area contributed by atoms with Gasteiger partial charge in [0.2, 0.25) is 21.8 Å². The lowest BCUT2D eigenvalue weighted by Crippen LogP contribution is -2.58. The number of carbonyl (C=O) groups is 2. The van der Waals surface area contributed by atoms with Crippen LogP contribution in [0.15, 0.2) is 44.2 Å². The molecule has 4 rings (SSSR count). The first-order valence-corrected chi connectivity index (χ1v) is 16.2. The monoisotopic (exact) mass is 682 g/mol. The predicted molar refractivity (Wildman–Crippen MR) is 159 cm³/mol. The minimum Gasteiger partial charge on any atom is -0.353 e. The highest BCUT2D eigenvalue weighted by atomic mass is 79.9. The van der Waals surface area contributed by atoms with Crippen molar-refractivity contribution in [3.05, 3.63) is 61.5 Å². The molecule has 0 aromatic heterocycles. The van der Waals surface area contributed by atoms with Crippen LogP contribution in [-0.2, 0) is 32.6 Å². The molecule has 2 aliphatic rings. The molecule has 212 valence electrons. The maximum atomic E-state index is 13.6. The SMILES string of the molecule is Cc1c(Br)cc(S(=O)(=O)N2CCNC(=O)C2CC(=O)N[C@@H]2CCCc3cc(CNC(C)(C)C)ccc32)cc1Br. The van der Waals surface area contributed by atoms with E-state index in [1.165, 1.54) is 23.3 Å². The van der Waals surface area contributed by atoms with Gasteiger partial charge in [-0.15, -0.1) is 0 Å². The van der Waals surface area contributed by atoms with E-state index in [0.29, 0.717) is 8.95 Å².